The first-order chi connectivity index (χ1) is 13.1. The zero-order valence-electron chi connectivity index (χ0n) is 15.4. The number of thiazole rings is 1. The van der Waals surface area contributed by atoms with Gasteiger partial charge in [0.25, 0.3) is 11.5 Å². The maximum Gasteiger partial charge on any atom is 0.271 e. The Morgan fingerprint density at radius 3 is 2.85 bits per heavy atom. The van der Waals surface area contributed by atoms with Gasteiger partial charge in [0.2, 0.25) is 0 Å². The highest BCUT2D eigenvalue weighted by molar-refractivity contribution is 7.17. The van der Waals surface area contributed by atoms with Crippen LogP contribution >= 0.6 is 11.3 Å². The molecule has 1 amide bonds. The zero-order valence-corrected chi connectivity index (χ0v) is 16.2. The summed E-state index contributed by atoms with van der Waals surface area (Å²) < 4.78 is 1.66. The molecular formula is C21H23N3O2S. The van der Waals surface area contributed by atoms with E-state index >= 15 is 0 Å². The zero-order chi connectivity index (χ0) is 18.8. The van der Waals surface area contributed by atoms with Crippen LogP contribution in [0.15, 0.2) is 41.3 Å². The van der Waals surface area contributed by atoms with Crippen LogP contribution in [-0.2, 0) is 19.3 Å². The topological polar surface area (TPSA) is 63.5 Å². The number of rotatable bonds is 5. The van der Waals surface area contributed by atoms with Crippen LogP contribution in [0.2, 0.25) is 0 Å². The number of fused-ring (bicyclic) bond motifs is 3. The molecule has 6 heteroatoms. The average molecular weight is 382 g/mol. The monoisotopic (exact) mass is 381 g/mol. The first-order valence-electron chi connectivity index (χ1n) is 9.50. The first kappa shape index (κ1) is 17.9. The summed E-state index contributed by atoms with van der Waals surface area (Å²) in [6.07, 6.45) is 7.26. The fourth-order valence-electron chi connectivity index (χ4n) is 3.63. The van der Waals surface area contributed by atoms with Gasteiger partial charge < -0.3 is 5.32 Å². The second-order valence-electron chi connectivity index (χ2n) is 7.17. The molecule has 2 aromatic heterocycles. The molecule has 0 fully saturated rings. The van der Waals surface area contributed by atoms with Gasteiger partial charge in [0, 0.05) is 22.8 Å². The SMILES string of the molecule is C[C@H](CCc1ccccc1)NC(=O)c1cnc2sc3c(n2c1=O)CCCC3. The van der Waals surface area contributed by atoms with Crippen LogP contribution in [0.1, 0.15) is 52.7 Å². The van der Waals surface area contributed by atoms with Crippen LogP contribution in [-0.4, -0.2) is 21.3 Å². The van der Waals surface area contributed by atoms with Crippen LogP contribution in [0.25, 0.3) is 4.96 Å². The van der Waals surface area contributed by atoms with Crippen molar-refractivity contribution in [2.45, 2.75) is 51.5 Å². The smallest absolute Gasteiger partial charge is 0.271 e. The minimum Gasteiger partial charge on any atom is -0.349 e. The number of aryl methyl sites for hydroxylation is 3. The Morgan fingerprint density at radius 2 is 2.04 bits per heavy atom. The van der Waals surface area contributed by atoms with Gasteiger partial charge in [-0.05, 0) is 51.0 Å². The molecule has 1 aliphatic carbocycles. The molecule has 0 saturated heterocycles. The maximum absolute atomic E-state index is 12.9. The molecule has 1 aromatic carbocycles. The van der Waals surface area contributed by atoms with Crippen LogP contribution in [0, 0.1) is 0 Å². The highest BCUT2D eigenvalue weighted by Gasteiger charge is 2.22. The maximum atomic E-state index is 12.9. The predicted octanol–water partition coefficient (Wildman–Crippen LogP) is 3.39. The van der Waals surface area contributed by atoms with Crippen LogP contribution in [0.5, 0.6) is 0 Å². The van der Waals surface area contributed by atoms with Crippen molar-refractivity contribution in [3.05, 3.63) is 68.6 Å². The summed E-state index contributed by atoms with van der Waals surface area (Å²) in [6, 6.07) is 10.2. The van der Waals surface area contributed by atoms with E-state index in [-0.39, 0.29) is 23.1 Å². The van der Waals surface area contributed by atoms with E-state index in [4.69, 9.17) is 0 Å². The lowest BCUT2D eigenvalue weighted by molar-refractivity contribution is 0.0936. The van der Waals surface area contributed by atoms with Crippen LogP contribution < -0.4 is 10.9 Å². The molecule has 1 N–H and O–H groups in total. The Bertz CT molecular complexity index is 1020. The minimum absolute atomic E-state index is 0.0193. The van der Waals surface area contributed by atoms with Gasteiger partial charge in [-0.15, -0.1) is 11.3 Å². The summed E-state index contributed by atoms with van der Waals surface area (Å²) in [5.41, 5.74) is 2.18. The fraction of sp³-hybridized carbons (Fsp3) is 0.381. The Kier molecular flexibility index (Phi) is 5.07. The highest BCUT2D eigenvalue weighted by Crippen LogP contribution is 2.28. The number of nitrogens with zero attached hydrogens (tertiary/aromatic N) is 2. The second kappa shape index (κ2) is 7.64. The molecule has 140 valence electrons. The van der Waals surface area contributed by atoms with Gasteiger partial charge in [-0.2, -0.15) is 0 Å². The molecule has 1 atom stereocenters. The van der Waals surface area contributed by atoms with Gasteiger partial charge in [0.1, 0.15) is 5.56 Å². The molecule has 5 nitrogen and oxygen atoms in total. The number of carbonyl (C=O) groups is 1. The van der Waals surface area contributed by atoms with E-state index in [2.05, 4.69) is 22.4 Å². The van der Waals surface area contributed by atoms with Crippen molar-refractivity contribution in [2.24, 2.45) is 0 Å². The lowest BCUT2D eigenvalue weighted by Crippen LogP contribution is -2.37. The molecular weight excluding hydrogens is 358 g/mol. The van der Waals surface area contributed by atoms with E-state index in [1.165, 1.54) is 16.6 Å². The minimum atomic E-state index is -0.335. The molecule has 0 bridgehead atoms. The summed E-state index contributed by atoms with van der Waals surface area (Å²) >= 11 is 1.57. The summed E-state index contributed by atoms with van der Waals surface area (Å²) in [6.45, 7) is 1.97. The number of benzene rings is 1. The molecule has 0 aliphatic heterocycles. The summed E-state index contributed by atoms with van der Waals surface area (Å²) in [4.78, 5) is 31.9. The number of amides is 1. The average Bonchev–Trinajstić information content (AvgIpc) is 3.07. The summed E-state index contributed by atoms with van der Waals surface area (Å²) in [7, 11) is 0. The second-order valence-corrected chi connectivity index (χ2v) is 8.23. The van der Waals surface area contributed by atoms with Gasteiger partial charge in [0.15, 0.2) is 4.96 Å². The van der Waals surface area contributed by atoms with Crippen molar-refractivity contribution in [3.63, 3.8) is 0 Å². The first-order valence-corrected chi connectivity index (χ1v) is 10.3. The van der Waals surface area contributed by atoms with Crippen molar-refractivity contribution in [1.82, 2.24) is 14.7 Å². The molecule has 0 radical (unpaired) electrons. The molecule has 0 saturated carbocycles. The molecule has 27 heavy (non-hydrogen) atoms. The number of aromatic nitrogens is 2. The molecule has 4 rings (SSSR count). The van der Waals surface area contributed by atoms with Crippen LogP contribution in [0.4, 0.5) is 0 Å². The number of carbonyl (C=O) groups excluding carboxylic acids is 1. The van der Waals surface area contributed by atoms with E-state index < -0.39 is 0 Å². The number of nitrogens with one attached hydrogen (secondary N) is 1. The Labute approximate surface area is 162 Å². The van der Waals surface area contributed by atoms with Gasteiger partial charge in [-0.1, -0.05) is 30.3 Å². The Balaban J connectivity index is 1.50. The van der Waals surface area contributed by atoms with Crippen LogP contribution in [0.3, 0.4) is 0 Å². The van der Waals surface area contributed by atoms with Crippen molar-refractivity contribution < 1.29 is 4.79 Å². The Morgan fingerprint density at radius 1 is 1.26 bits per heavy atom. The lowest BCUT2D eigenvalue weighted by Gasteiger charge is -2.14. The van der Waals surface area contributed by atoms with E-state index in [1.54, 1.807) is 15.7 Å². The summed E-state index contributed by atoms with van der Waals surface area (Å²) in [5.74, 6) is -0.335. The van der Waals surface area contributed by atoms with Gasteiger partial charge in [0.05, 0.1) is 0 Å². The third-order valence-electron chi connectivity index (χ3n) is 5.13. The third-order valence-corrected chi connectivity index (χ3v) is 6.29. The normalized spacial score (nSPS) is 14.7. The third kappa shape index (κ3) is 3.67. The van der Waals surface area contributed by atoms with E-state index in [1.807, 2.05) is 25.1 Å². The van der Waals surface area contributed by atoms with Crippen molar-refractivity contribution >= 4 is 22.2 Å². The van der Waals surface area contributed by atoms with Gasteiger partial charge in [-0.3, -0.25) is 14.0 Å². The molecule has 3 aromatic rings. The number of hydrogen-bond donors (Lipinski definition) is 1. The van der Waals surface area contributed by atoms with Gasteiger partial charge >= 0.3 is 0 Å². The van der Waals surface area contributed by atoms with Crippen molar-refractivity contribution in [2.75, 3.05) is 0 Å². The largest absolute Gasteiger partial charge is 0.349 e. The predicted molar refractivity (Wildman–Crippen MR) is 108 cm³/mol. The molecule has 0 spiro atoms. The standard InChI is InChI=1S/C21H23N3O2S/c1-14(11-12-15-7-3-2-4-8-15)23-19(25)16-13-22-21-24(20(16)26)17-9-5-6-10-18(17)27-21/h2-4,7-8,13-14H,5-6,9-12H2,1H3,(H,23,25)/t14-/m1/s1. The van der Waals surface area contributed by atoms with E-state index in [0.717, 1.165) is 44.2 Å². The van der Waals surface area contributed by atoms with Gasteiger partial charge in [-0.25, -0.2) is 4.98 Å². The number of hydrogen-bond acceptors (Lipinski definition) is 4. The fourth-order valence-corrected chi connectivity index (χ4v) is 4.79. The highest BCUT2D eigenvalue weighted by atomic mass is 32.1. The molecule has 0 unspecified atom stereocenters. The van der Waals surface area contributed by atoms with Crippen molar-refractivity contribution in [3.8, 4) is 0 Å². The quantitative estimate of drug-likeness (QED) is 0.737. The molecule has 1 aliphatic rings. The van der Waals surface area contributed by atoms with Crippen molar-refractivity contribution in [1.29, 1.82) is 0 Å². The van der Waals surface area contributed by atoms with E-state index in [9.17, 15) is 9.59 Å². The Hall–Kier alpha value is -2.47. The summed E-state index contributed by atoms with van der Waals surface area (Å²) in [5, 5.41) is 2.96. The van der Waals surface area contributed by atoms with E-state index in [0.29, 0.717) is 4.96 Å². The molecule has 2 heterocycles. The lowest BCUT2D eigenvalue weighted by atomic mass is 10.0.